The van der Waals surface area contributed by atoms with E-state index in [0.717, 1.165) is 21.5 Å². The SMILES string of the molecule is CC[C@H]1OC(=O)[C@H](C)C(OC2CC(C)(OC)C(O)C(C)O2)[C@H](C)[C@@H](OC2OCCC(N(C)C)C2O)[C@](C)(OC)C[C@@H](C)C(=O)[C@H](C)[C@H]2N(/N=C/C3=C(Cl)c4cc(F)ccc4OC3)C(=O)O[C@]12C.CC[C@H]1OC(=O)[C@H](C)C(OC2CC(C)(OC)C(O)C(C)O2)[C@H](C)[C@@H](OC2OCCC(N(C)C)C2O)[C@](C)(OC)C[C@@H](C)C(=O)[C@H](C)[C@H]2N(NCCCc3ccnc4ccccc34)C(=O)O[C@]12C. The highest BCUT2D eigenvalue weighted by molar-refractivity contribution is 6.51. The van der Waals surface area contributed by atoms with Crippen LogP contribution in [0.2, 0.25) is 0 Å². The highest BCUT2D eigenvalue weighted by atomic mass is 35.5. The number of aliphatic hydroxyl groups is 4. The van der Waals surface area contributed by atoms with E-state index in [0.29, 0.717) is 55.7 Å². The smallest absolute Gasteiger partial charge is 0.431 e. The summed E-state index contributed by atoms with van der Waals surface area (Å²) in [6.07, 6.45) is -11.0. The first-order valence-electron chi connectivity index (χ1n) is 47.4. The van der Waals surface area contributed by atoms with Crippen molar-refractivity contribution in [3.8, 4) is 5.75 Å². The van der Waals surface area contributed by atoms with Crippen LogP contribution in [0.3, 0.4) is 0 Å². The number of nitrogens with one attached hydrogen (secondary N) is 1. The molecule has 3 aromatic rings. The first-order chi connectivity index (χ1) is 63.1. The number of aliphatic hydroxyl groups excluding tert-OH is 4. The summed E-state index contributed by atoms with van der Waals surface area (Å²) in [5, 5.41) is 53.9. The molecule has 34 atom stereocenters. The molecule has 0 spiro atoms. The molecule has 0 aliphatic carbocycles. The Bertz CT molecular complexity index is 4600. The zero-order chi connectivity index (χ0) is 98.7. The Morgan fingerprint density at radius 2 is 1.06 bits per heavy atom. The van der Waals surface area contributed by atoms with Crippen LogP contribution < -0.4 is 10.2 Å². The van der Waals surface area contributed by atoms with E-state index in [2.05, 4.69) is 15.5 Å². The number of fused-ring (bicyclic) bond motifs is 4. The van der Waals surface area contributed by atoms with Gasteiger partial charge in [0.25, 0.3) is 0 Å². The summed E-state index contributed by atoms with van der Waals surface area (Å²) in [6, 6.07) is 11.3. The van der Waals surface area contributed by atoms with Crippen molar-refractivity contribution in [2.24, 2.45) is 52.4 Å². The maximum atomic E-state index is 15.1. The summed E-state index contributed by atoms with van der Waals surface area (Å²) in [4.78, 5) is 96.4. The van der Waals surface area contributed by atoms with E-state index in [-0.39, 0.29) is 80.4 Å². The summed E-state index contributed by atoms with van der Waals surface area (Å²) < 4.78 is 122. The zero-order valence-corrected chi connectivity index (χ0v) is 83.7. The number of carbonyl (C=O) groups is 6. The van der Waals surface area contributed by atoms with E-state index in [9.17, 15) is 44.0 Å². The number of pyridine rings is 1. The number of aromatic nitrogens is 1. The second-order valence-electron chi connectivity index (χ2n) is 40.1. The minimum Gasteiger partial charge on any atom is -0.488 e. The maximum Gasteiger partial charge on any atom is 0.431 e. The van der Waals surface area contributed by atoms with Gasteiger partial charge in [-0.3, -0.25) is 24.2 Å². The molecule has 9 aliphatic rings. The van der Waals surface area contributed by atoms with Crippen LogP contribution in [-0.2, 0) is 101 Å². The third-order valence-corrected chi connectivity index (χ3v) is 30.8. The van der Waals surface area contributed by atoms with Gasteiger partial charge >= 0.3 is 24.1 Å². The topological polar surface area (TPSA) is 390 Å². The summed E-state index contributed by atoms with van der Waals surface area (Å²) >= 11 is 6.74. The minimum atomic E-state index is -1.64. The molecule has 134 heavy (non-hydrogen) atoms. The fraction of sp³-hybridized carbons (Fsp3) is 0.755. The number of hydrazone groups is 1. The van der Waals surface area contributed by atoms with Gasteiger partial charge in [-0.15, -0.1) is 0 Å². The van der Waals surface area contributed by atoms with E-state index in [1.165, 1.54) is 50.8 Å². The Kier molecular flexibility index (Phi) is 35.7. The normalized spacial score (nSPS) is 40.9. The Morgan fingerprint density at radius 3 is 1.53 bits per heavy atom. The number of hydrazine groups is 1. The first kappa shape index (κ1) is 108. The van der Waals surface area contributed by atoms with Crippen LogP contribution in [0, 0.1) is 53.2 Å². The van der Waals surface area contributed by atoms with Crippen molar-refractivity contribution in [1.82, 2.24) is 30.2 Å². The number of methoxy groups -OCH3 is 4. The number of amides is 2. The monoisotopic (exact) mass is 1910 g/mol. The molecule has 2 aromatic carbocycles. The lowest BCUT2D eigenvalue weighted by atomic mass is 9.73. The molecule has 752 valence electrons. The van der Waals surface area contributed by atoms with Gasteiger partial charge in [-0.25, -0.2) is 24.4 Å². The number of aryl methyl sites for hydroxylation is 1. The Morgan fingerprint density at radius 1 is 0.597 bits per heavy atom. The average molecular weight is 1910 g/mol. The lowest BCUT2D eigenvalue weighted by molar-refractivity contribution is -0.314. The number of ketones is 2. The number of hydrogen-bond acceptors (Lipinski definition) is 32. The van der Waals surface area contributed by atoms with Gasteiger partial charge in [0.15, 0.2) is 36.4 Å². The lowest BCUT2D eigenvalue weighted by Crippen LogP contribution is -2.62. The Balaban J connectivity index is 0.000000258. The third kappa shape index (κ3) is 22.4. The molecule has 2 amide bonds. The number of para-hydroxylation sites is 1. The summed E-state index contributed by atoms with van der Waals surface area (Å²) in [5.41, 5.74) is -1.83. The van der Waals surface area contributed by atoms with E-state index in [1.54, 1.807) is 103 Å². The van der Waals surface area contributed by atoms with Gasteiger partial charge in [0.2, 0.25) is 0 Å². The van der Waals surface area contributed by atoms with Crippen LogP contribution in [0.5, 0.6) is 5.75 Å². The lowest BCUT2D eigenvalue weighted by Gasteiger charge is -2.49. The standard InChI is InChI=1S/C50H78N4O13.C48H71ClFN3O14/c1-14-37-50(9)42(54(47(59)67-50)52-23-17-18-33-21-24-51-35-20-16-15-19-34(33)35)29(3)39(55)28(2)26-49(8,61-13)44(66-46-40(56)36(53(10)11)22-25-62-46)30(4)41(31(5)45(58)64-37)65-38-27-48(7,60-12)43(57)32(6)63-38;1-14-34-48(9)40(53(45(58)67-48)51-22-29-23-62-33-16-15-30(50)19-31(33)36(29)49)25(3)37(54)24(2)20-47(8,60-13)42(66-44-38(55)32(52(10)11)17-18-61-44)26(4)39(27(5)43(57)64-34)65-35-21-46(7,59-12)41(56)28(6)63-35/h15-16,19-21,24,28-32,36-38,40-44,46,52,56-57H,14,17-18,22-23,25-27H2,1-13H3;15-16,19,22,24-28,32,34-35,38-42,44,55-56H,14,17-18,20-21,23H2,1-13H3/b;51-22+/t28-,29+,30+,31-,32?,36?,37-,38?,40?,41?,42-,43?,44-,46?,48?,49-,50-;24-,25+,26+,27-,28?,32?,34-,35?,38?,39?,40-,41?,42-,44?,46?,47-,48-/m11/s1. The Hall–Kier alpha value is -6.66. The highest BCUT2D eigenvalue weighted by Gasteiger charge is 2.65. The van der Waals surface area contributed by atoms with Gasteiger partial charge in [-0.2, -0.15) is 10.1 Å². The van der Waals surface area contributed by atoms with Crippen molar-refractivity contribution in [1.29, 1.82) is 0 Å². The molecule has 8 saturated heterocycles. The molecule has 8 fully saturated rings. The van der Waals surface area contributed by atoms with Crippen LogP contribution in [0.4, 0.5) is 14.0 Å². The molecule has 0 saturated carbocycles. The number of hydrogen-bond donors (Lipinski definition) is 5. The highest BCUT2D eigenvalue weighted by Crippen LogP contribution is 2.49. The summed E-state index contributed by atoms with van der Waals surface area (Å²) in [6.45, 7) is 32.7. The predicted octanol–water partition coefficient (Wildman–Crippen LogP) is 10.9. The molecular formula is C98H149ClFN7O27. The van der Waals surface area contributed by atoms with E-state index >= 15 is 9.59 Å². The largest absolute Gasteiger partial charge is 0.488 e. The first-order valence-corrected chi connectivity index (χ1v) is 47.8. The van der Waals surface area contributed by atoms with Crippen molar-refractivity contribution >= 4 is 69.4 Å². The van der Waals surface area contributed by atoms with Gasteiger partial charge in [-0.1, -0.05) is 85.2 Å². The maximum absolute atomic E-state index is 15.1. The zero-order valence-electron chi connectivity index (χ0n) is 83.0. The van der Waals surface area contributed by atoms with Crippen molar-refractivity contribution < 1.29 is 134 Å². The quantitative estimate of drug-likeness (QED) is 0.0255. The van der Waals surface area contributed by atoms with Crippen LogP contribution in [0.1, 0.15) is 194 Å². The number of Topliss-reactive ketones (excluding diaryl/α,β-unsaturated/α-hetero) is 2. The van der Waals surface area contributed by atoms with Gasteiger partial charge in [-0.05, 0) is 185 Å². The number of cyclic esters (lactones) is 2. The molecule has 9 aliphatic heterocycles. The molecular weight excluding hydrogens is 1760 g/mol. The average Bonchev–Trinajstić information content (AvgIpc) is 1.52. The summed E-state index contributed by atoms with van der Waals surface area (Å²) in [7, 11) is 13.6. The van der Waals surface area contributed by atoms with Crippen molar-refractivity contribution in [2.75, 3.05) is 83.0 Å². The third-order valence-electron chi connectivity index (χ3n) is 30.4. The number of ether oxygens (including phenoxy) is 17. The van der Waals surface area contributed by atoms with Gasteiger partial charge < -0.3 is 111 Å². The van der Waals surface area contributed by atoms with Crippen LogP contribution in [-0.4, -0.2) is 326 Å². The van der Waals surface area contributed by atoms with Crippen LogP contribution in [0.25, 0.3) is 15.9 Å². The molecule has 10 heterocycles. The molecule has 34 nitrogen and oxygen atoms in total. The number of halogens is 2. The number of nitrogens with zero attached hydrogens (tertiary/aromatic N) is 6. The Labute approximate surface area is 793 Å². The molecule has 16 unspecified atom stereocenters. The minimum absolute atomic E-state index is 0.0419. The molecule has 12 rings (SSSR count). The van der Waals surface area contributed by atoms with Crippen molar-refractivity contribution in [3.05, 3.63) is 77.2 Å². The van der Waals surface area contributed by atoms with Crippen LogP contribution in [0.15, 0.2) is 65.4 Å². The molecule has 1 aromatic heterocycles. The predicted molar refractivity (Wildman–Crippen MR) is 492 cm³/mol. The fourth-order valence-corrected chi connectivity index (χ4v) is 22.4. The van der Waals surface area contributed by atoms with E-state index in [1.807, 2.05) is 103 Å². The number of rotatable bonds is 23. The van der Waals surface area contributed by atoms with Crippen molar-refractivity contribution in [3.63, 3.8) is 0 Å². The molecule has 5 N–H and O–H groups in total. The second kappa shape index (κ2) is 44.4. The fourth-order valence-electron chi connectivity index (χ4n) is 22.1. The van der Waals surface area contributed by atoms with E-state index in [4.69, 9.17) is 92.1 Å². The van der Waals surface area contributed by atoms with Gasteiger partial charge in [0.05, 0.1) is 101 Å². The number of benzene rings is 2. The van der Waals surface area contributed by atoms with Gasteiger partial charge in [0, 0.05) is 118 Å². The van der Waals surface area contributed by atoms with Gasteiger partial charge in [0.1, 0.15) is 78.4 Å². The number of esters is 2. The second-order valence-corrected chi connectivity index (χ2v) is 40.5. The molecule has 0 radical (unpaired) electrons. The summed E-state index contributed by atoms with van der Waals surface area (Å²) in [5.74, 6) is -8.72. The van der Waals surface area contributed by atoms with Crippen LogP contribution >= 0.6 is 11.6 Å². The molecule has 0 bridgehead atoms. The molecule has 36 heteroatoms. The number of likely N-dealkylation sites (N-methyl/N-ethyl adjacent to an activating group) is 2. The van der Waals surface area contributed by atoms with Crippen molar-refractivity contribution in [2.45, 2.75) is 345 Å². The van der Waals surface area contributed by atoms with E-state index < -0.39 is 221 Å². The number of carbonyl (C=O) groups excluding carboxylic acids is 6.